The monoisotopic (exact) mass is 231 g/mol. The number of hydrogen-bond acceptors (Lipinski definition) is 4. The molecule has 0 bridgehead atoms. The molecule has 1 aromatic heterocycles. The standard InChI is InChI=1S/C13H17N3O/c1-8-4-5-11(6-9(8)2)7-12-15-13(10(3)14)17-16-12/h4-6,10H,7,14H2,1-3H3/t10-/m1/s1. The zero-order valence-electron chi connectivity index (χ0n) is 10.4. The van der Waals surface area contributed by atoms with Gasteiger partial charge in [0, 0.05) is 6.42 Å². The van der Waals surface area contributed by atoms with Gasteiger partial charge < -0.3 is 10.3 Å². The van der Waals surface area contributed by atoms with Crippen LogP contribution in [-0.4, -0.2) is 10.1 Å². The van der Waals surface area contributed by atoms with Crippen molar-refractivity contribution in [2.75, 3.05) is 0 Å². The van der Waals surface area contributed by atoms with Crippen LogP contribution >= 0.6 is 0 Å². The number of benzene rings is 1. The Hall–Kier alpha value is -1.68. The molecule has 0 aliphatic carbocycles. The van der Waals surface area contributed by atoms with E-state index in [1.807, 2.05) is 6.92 Å². The molecule has 0 radical (unpaired) electrons. The largest absolute Gasteiger partial charge is 0.338 e. The summed E-state index contributed by atoms with van der Waals surface area (Å²) in [5.41, 5.74) is 9.42. The summed E-state index contributed by atoms with van der Waals surface area (Å²) in [6.07, 6.45) is 0.678. The second kappa shape index (κ2) is 4.67. The molecule has 0 aliphatic heterocycles. The molecule has 0 fully saturated rings. The molecule has 2 aromatic rings. The first-order chi connectivity index (χ1) is 8.06. The lowest BCUT2D eigenvalue weighted by atomic mass is 10.0. The predicted octanol–water partition coefficient (Wildman–Crippen LogP) is 2.30. The molecule has 0 unspecified atom stereocenters. The smallest absolute Gasteiger partial charge is 0.243 e. The van der Waals surface area contributed by atoms with Gasteiger partial charge in [0.2, 0.25) is 5.89 Å². The number of nitrogens with zero attached hydrogens (tertiary/aromatic N) is 2. The molecule has 1 atom stereocenters. The molecule has 2 N–H and O–H groups in total. The second-order valence-electron chi connectivity index (χ2n) is 4.43. The van der Waals surface area contributed by atoms with Crippen molar-refractivity contribution in [3.8, 4) is 0 Å². The summed E-state index contributed by atoms with van der Waals surface area (Å²) >= 11 is 0. The van der Waals surface area contributed by atoms with Gasteiger partial charge in [-0.15, -0.1) is 0 Å². The average molecular weight is 231 g/mol. The molecule has 0 spiro atoms. The molecule has 0 saturated carbocycles. The molecule has 4 heteroatoms. The fourth-order valence-electron chi connectivity index (χ4n) is 1.62. The van der Waals surface area contributed by atoms with Crippen LogP contribution in [0.2, 0.25) is 0 Å². The van der Waals surface area contributed by atoms with Crippen LogP contribution in [0.25, 0.3) is 0 Å². The van der Waals surface area contributed by atoms with E-state index < -0.39 is 0 Å². The minimum Gasteiger partial charge on any atom is -0.338 e. The normalized spacial score (nSPS) is 12.7. The number of nitrogens with two attached hydrogens (primary N) is 1. The Kier molecular flexibility index (Phi) is 3.24. The van der Waals surface area contributed by atoms with Crippen molar-refractivity contribution in [1.29, 1.82) is 0 Å². The summed E-state index contributed by atoms with van der Waals surface area (Å²) in [6.45, 7) is 6.03. The lowest BCUT2D eigenvalue weighted by Crippen LogP contribution is -2.05. The van der Waals surface area contributed by atoms with Gasteiger partial charge in [-0.05, 0) is 37.5 Å². The predicted molar refractivity (Wildman–Crippen MR) is 65.6 cm³/mol. The summed E-state index contributed by atoms with van der Waals surface area (Å²) < 4.78 is 5.07. The zero-order valence-corrected chi connectivity index (χ0v) is 10.4. The maximum atomic E-state index is 5.67. The van der Waals surface area contributed by atoms with Gasteiger partial charge in [0.15, 0.2) is 5.82 Å². The van der Waals surface area contributed by atoms with Crippen molar-refractivity contribution in [3.63, 3.8) is 0 Å². The average Bonchev–Trinajstić information content (AvgIpc) is 2.72. The van der Waals surface area contributed by atoms with Crippen LogP contribution in [0.4, 0.5) is 0 Å². The Labute approximate surface area is 101 Å². The van der Waals surface area contributed by atoms with Crippen molar-refractivity contribution in [2.24, 2.45) is 5.73 Å². The lowest BCUT2D eigenvalue weighted by molar-refractivity contribution is 0.358. The first kappa shape index (κ1) is 11.8. The van der Waals surface area contributed by atoms with Gasteiger partial charge in [-0.1, -0.05) is 23.4 Å². The molecular weight excluding hydrogens is 214 g/mol. The molecule has 90 valence electrons. The van der Waals surface area contributed by atoms with Crippen LogP contribution in [0.15, 0.2) is 22.7 Å². The Morgan fingerprint density at radius 3 is 2.65 bits per heavy atom. The molecule has 1 aromatic carbocycles. The van der Waals surface area contributed by atoms with E-state index in [1.54, 1.807) is 0 Å². The molecular formula is C13H17N3O. The molecule has 17 heavy (non-hydrogen) atoms. The van der Waals surface area contributed by atoms with Crippen molar-refractivity contribution in [2.45, 2.75) is 33.2 Å². The molecule has 1 heterocycles. The van der Waals surface area contributed by atoms with Gasteiger partial charge in [0.25, 0.3) is 0 Å². The number of aryl methyl sites for hydroxylation is 2. The first-order valence-electron chi connectivity index (χ1n) is 5.70. The van der Waals surface area contributed by atoms with Crippen molar-refractivity contribution in [1.82, 2.24) is 10.1 Å². The molecule has 0 saturated heterocycles. The molecule has 0 aliphatic rings. The van der Waals surface area contributed by atoms with Gasteiger partial charge in [-0.2, -0.15) is 4.98 Å². The quantitative estimate of drug-likeness (QED) is 0.880. The Bertz CT molecular complexity index is 517. The van der Waals surface area contributed by atoms with E-state index in [1.165, 1.54) is 16.7 Å². The zero-order chi connectivity index (χ0) is 12.4. The van der Waals surface area contributed by atoms with Crippen LogP contribution in [0.3, 0.4) is 0 Å². The Morgan fingerprint density at radius 2 is 2.06 bits per heavy atom. The lowest BCUT2D eigenvalue weighted by Gasteiger charge is -2.02. The van der Waals surface area contributed by atoms with Gasteiger partial charge in [0.05, 0.1) is 6.04 Å². The highest BCUT2D eigenvalue weighted by Crippen LogP contribution is 2.14. The van der Waals surface area contributed by atoms with Crippen molar-refractivity contribution < 1.29 is 4.52 Å². The summed E-state index contributed by atoms with van der Waals surface area (Å²) in [5.74, 6) is 1.17. The maximum absolute atomic E-state index is 5.67. The first-order valence-corrected chi connectivity index (χ1v) is 5.70. The van der Waals surface area contributed by atoms with Crippen LogP contribution in [-0.2, 0) is 6.42 Å². The second-order valence-corrected chi connectivity index (χ2v) is 4.43. The fraction of sp³-hybridized carbons (Fsp3) is 0.385. The van der Waals surface area contributed by atoms with Gasteiger partial charge in [-0.25, -0.2) is 0 Å². The Morgan fingerprint density at radius 1 is 1.29 bits per heavy atom. The third-order valence-electron chi connectivity index (χ3n) is 2.81. The van der Waals surface area contributed by atoms with Crippen LogP contribution in [0.5, 0.6) is 0 Å². The third-order valence-corrected chi connectivity index (χ3v) is 2.81. The topological polar surface area (TPSA) is 64.9 Å². The van der Waals surface area contributed by atoms with Crippen molar-refractivity contribution >= 4 is 0 Å². The van der Waals surface area contributed by atoms with Crippen LogP contribution in [0.1, 0.15) is 41.4 Å². The number of aromatic nitrogens is 2. The highest BCUT2D eigenvalue weighted by atomic mass is 16.5. The number of rotatable bonds is 3. The van der Waals surface area contributed by atoms with E-state index in [9.17, 15) is 0 Å². The SMILES string of the molecule is Cc1ccc(Cc2noc([C@@H](C)N)n2)cc1C. The Balaban J connectivity index is 2.16. The fourth-order valence-corrected chi connectivity index (χ4v) is 1.62. The van der Waals surface area contributed by atoms with E-state index in [4.69, 9.17) is 10.3 Å². The van der Waals surface area contributed by atoms with Crippen molar-refractivity contribution in [3.05, 3.63) is 46.6 Å². The highest BCUT2D eigenvalue weighted by Gasteiger charge is 2.10. The maximum Gasteiger partial charge on any atom is 0.243 e. The van der Waals surface area contributed by atoms with Crippen LogP contribution in [0, 0.1) is 13.8 Å². The summed E-state index contributed by atoms with van der Waals surface area (Å²) in [7, 11) is 0. The summed E-state index contributed by atoms with van der Waals surface area (Å²) in [4.78, 5) is 4.25. The minimum absolute atomic E-state index is 0.212. The highest BCUT2D eigenvalue weighted by molar-refractivity contribution is 5.31. The van der Waals surface area contributed by atoms with E-state index in [-0.39, 0.29) is 6.04 Å². The van der Waals surface area contributed by atoms with E-state index in [2.05, 4.69) is 42.2 Å². The van der Waals surface area contributed by atoms with E-state index >= 15 is 0 Å². The van der Waals surface area contributed by atoms with E-state index in [0.717, 1.165) is 0 Å². The number of hydrogen-bond donors (Lipinski definition) is 1. The van der Waals surface area contributed by atoms with Gasteiger partial charge in [0.1, 0.15) is 0 Å². The van der Waals surface area contributed by atoms with Crippen LogP contribution < -0.4 is 5.73 Å². The molecule has 0 amide bonds. The molecule has 2 rings (SSSR count). The third kappa shape index (κ3) is 2.71. The summed E-state index contributed by atoms with van der Waals surface area (Å²) in [6, 6.07) is 6.13. The molecule has 4 nitrogen and oxygen atoms in total. The van der Waals surface area contributed by atoms with E-state index in [0.29, 0.717) is 18.1 Å². The van der Waals surface area contributed by atoms with Gasteiger partial charge >= 0.3 is 0 Å². The summed E-state index contributed by atoms with van der Waals surface area (Å²) in [5, 5.41) is 3.92. The van der Waals surface area contributed by atoms with Gasteiger partial charge in [-0.3, -0.25) is 0 Å². The minimum atomic E-state index is -0.212.